The molecule has 3 nitrogen and oxygen atoms in total. The Hall–Kier alpha value is -1.87. The lowest BCUT2D eigenvalue weighted by Crippen LogP contribution is -2.16. The fourth-order valence-corrected chi connectivity index (χ4v) is 2.36. The number of aryl methyl sites for hydroxylation is 1. The van der Waals surface area contributed by atoms with Crippen LogP contribution in [-0.2, 0) is 13.0 Å². The highest BCUT2D eigenvalue weighted by Gasteiger charge is 2.20. The predicted octanol–water partition coefficient (Wildman–Crippen LogP) is 3.26. The number of aromatic nitrogens is 1. The fraction of sp³-hybridized carbons (Fsp3) is 0.389. The normalized spacial score (nSPS) is 14.1. The molecule has 3 rings (SSSR count). The largest absolute Gasteiger partial charge is 0.493 e. The van der Waals surface area contributed by atoms with E-state index in [2.05, 4.69) is 35.4 Å². The van der Waals surface area contributed by atoms with Crippen LogP contribution in [0.15, 0.2) is 42.7 Å². The first kappa shape index (κ1) is 14.1. The molecule has 2 aromatic rings. The Morgan fingerprint density at radius 1 is 1.19 bits per heavy atom. The van der Waals surface area contributed by atoms with Crippen molar-refractivity contribution in [1.82, 2.24) is 10.3 Å². The molecule has 1 saturated carbocycles. The van der Waals surface area contributed by atoms with Crippen LogP contribution in [0.1, 0.15) is 29.5 Å². The third kappa shape index (κ3) is 4.30. The van der Waals surface area contributed by atoms with Gasteiger partial charge in [0, 0.05) is 37.0 Å². The van der Waals surface area contributed by atoms with Crippen molar-refractivity contribution in [3.05, 3.63) is 59.4 Å². The van der Waals surface area contributed by atoms with Gasteiger partial charge in [0.2, 0.25) is 0 Å². The van der Waals surface area contributed by atoms with Gasteiger partial charge in [0.15, 0.2) is 0 Å². The maximum absolute atomic E-state index is 5.99. The molecule has 0 saturated heterocycles. The molecule has 1 fully saturated rings. The standard InChI is InChI=1S/C18H22N2O/c1-14-2-5-18(16(12-14)13-20-17-3-4-17)21-11-8-15-6-9-19-10-7-15/h2,5-7,9-10,12,17,20H,3-4,8,11,13H2,1H3. The van der Waals surface area contributed by atoms with Crippen LogP contribution in [0.3, 0.4) is 0 Å². The highest BCUT2D eigenvalue weighted by atomic mass is 16.5. The summed E-state index contributed by atoms with van der Waals surface area (Å²) in [5, 5.41) is 3.56. The predicted molar refractivity (Wildman–Crippen MR) is 84.5 cm³/mol. The molecule has 0 spiro atoms. The Morgan fingerprint density at radius 3 is 2.76 bits per heavy atom. The summed E-state index contributed by atoms with van der Waals surface area (Å²) in [5.74, 6) is 1.00. The number of benzene rings is 1. The zero-order valence-corrected chi connectivity index (χ0v) is 12.5. The molecule has 0 amide bonds. The van der Waals surface area contributed by atoms with Crippen molar-refractivity contribution in [3.63, 3.8) is 0 Å². The van der Waals surface area contributed by atoms with Gasteiger partial charge in [-0.2, -0.15) is 0 Å². The Morgan fingerprint density at radius 2 is 2.00 bits per heavy atom. The van der Waals surface area contributed by atoms with Crippen LogP contribution in [-0.4, -0.2) is 17.6 Å². The van der Waals surface area contributed by atoms with E-state index in [-0.39, 0.29) is 0 Å². The second kappa shape index (κ2) is 6.72. The molecule has 1 aromatic carbocycles. The van der Waals surface area contributed by atoms with Gasteiger partial charge < -0.3 is 10.1 Å². The summed E-state index contributed by atoms with van der Waals surface area (Å²) >= 11 is 0. The van der Waals surface area contributed by atoms with E-state index >= 15 is 0 Å². The van der Waals surface area contributed by atoms with Crippen molar-refractivity contribution in [3.8, 4) is 5.75 Å². The summed E-state index contributed by atoms with van der Waals surface area (Å²) in [5.41, 5.74) is 3.80. The minimum Gasteiger partial charge on any atom is -0.493 e. The zero-order chi connectivity index (χ0) is 14.5. The van der Waals surface area contributed by atoms with Gasteiger partial charge in [0.25, 0.3) is 0 Å². The van der Waals surface area contributed by atoms with Gasteiger partial charge in [-0.3, -0.25) is 4.98 Å². The smallest absolute Gasteiger partial charge is 0.123 e. The summed E-state index contributed by atoms with van der Waals surface area (Å²) in [6.07, 6.45) is 7.18. The highest BCUT2D eigenvalue weighted by molar-refractivity contribution is 5.37. The molecule has 3 heteroatoms. The average Bonchev–Trinajstić information content (AvgIpc) is 3.32. The number of nitrogens with zero attached hydrogens (tertiary/aromatic N) is 1. The van der Waals surface area contributed by atoms with Crippen molar-refractivity contribution in [2.45, 2.75) is 38.8 Å². The van der Waals surface area contributed by atoms with Gasteiger partial charge in [-0.15, -0.1) is 0 Å². The Labute approximate surface area is 126 Å². The van der Waals surface area contributed by atoms with Crippen LogP contribution < -0.4 is 10.1 Å². The molecule has 1 N–H and O–H groups in total. The van der Waals surface area contributed by atoms with Crippen molar-refractivity contribution >= 4 is 0 Å². The monoisotopic (exact) mass is 282 g/mol. The molecule has 1 aliphatic carbocycles. The van der Waals surface area contributed by atoms with Crippen LogP contribution in [0, 0.1) is 6.92 Å². The van der Waals surface area contributed by atoms with Gasteiger partial charge in [-0.05, 0) is 43.5 Å². The summed E-state index contributed by atoms with van der Waals surface area (Å²) in [7, 11) is 0. The molecule has 0 aliphatic heterocycles. The van der Waals surface area contributed by atoms with E-state index in [1.54, 1.807) is 0 Å². The fourth-order valence-electron chi connectivity index (χ4n) is 2.36. The van der Waals surface area contributed by atoms with Crippen LogP contribution in [0.2, 0.25) is 0 Å². The van der Waals surface area contributed by atoms with Crippen LogP contribution in [0.5, 0.6) is 5.75 Å². The minimum atomic E-state index is 0.698. The van der Waals surface area contributed by atoms with Crippen molar-refractivity contribution in [1.29, 1.82) is 0 Å². The third-order valence-corrected chi connectivity index (χ3v) is 3.77. The van der Waals surface area contributed by atoms with E-state index < -0.39 is 0 Å². The highest BCUT2D eigenvalue weighted by Crippen LogP contribution is 2.23. The summed E-state index contributed by atoms with van der Waals surface area (Å²) in [4.78, 5) is 4.03. The third-order valence-electron chi connectivity index (χ3n) is 3.77. The summed E-state index contributed by atoms with van der Waals surface area (Å²) < 4.78 is 5.99. The molecule has 0 bridgehead atoms. The van der Waals surface area contributed by atoms with Gasteiger partial charge in [0.1, 0.15) is 5.75 Å². The molecule has 0 radical (unpaired) electrons. The van der Waals surface area contributed by atoms with E-state index in [0.29, 0.717) is 6.61 Å². The number of ether oxygens (including phenoxy) is 1. The zero-order valence-electron chi connectivity index (χ0n) is 12.5. The molecular formula is C18H22N2O. The number of hydrogen-bond donors (Lipinski definition) is 1. The van der Waals surface area contributed by atoms with Gasteiger partial charge in [0.05, 0.1) is 6.61 Å². The first-order chi connectivity index (χ1) is 10.3. The van der Waals surface area contributed by atoms with E-state index in [0.717, 1.165) is 24.8 Å². The maximum atomic E-state index is 5.99. The van der Waals surface area contributed by atoms with Crippen LogP contribution in [0.4, 0.5) is 0 Å². The molecule has 110 valence electrons. The Kier molecular flexibility index (Phi) is 4.51. The molecule has 21 heavy (non-hydrogen) atoms. The number of rotatable bonds is 7. The lowest BCUT2D eigenvalue weighted by atomic mass is 10.1. The Bertz CT molecular complexity index is 579. The minimum absolute atomic E-state index is 0.698. The topological polar surface area (TPSA) is 34.1 Å². The van der Waals surface area contributed by atoms with Crippen LogP contribution >= 0.6 is 0 Å². The molecule has 0 unspecified atom stereocenters. The van der Waals surface area contributed by atoms with E-state index in [1.165, 1.54) is 29.5 Å². The molecular weight excluding hydrogens is 260 g/mol. The van der Waals surface area contributed by atoms with E-state index in [4.69, 9.17) is 4.74 Å². The van der Waals surface area contributed by atoms with Crippen molar-refractivity contribution in [2.75, 3.05) is 6.61 Å². The van der Waals surface area contributed by atoms with E-state index in [1.807, 2.05) is 24.5 Å². The number of hydrogen-bond acceptors (Lipinski definition) is 3. The SMILES string of the molecule is Cc1ccc(OCCc2ccncc2)c(CNC2CC2)c1. The molecule has 1 aliphatic rings. The first-order valence-electron chi connectivity index (χ1n) is 7.66. The second-order valence-corrected chi connectivity index (χ2v) is 5.72. The quantitative estimate of drug-likeness (QED) is 0.846. The lowest BCUT2D eigenvalue weighted by Gasteiger charge is -2.13. The number of nitrogens with one attached hydrogen (secondary N) is 1. The Balaban J connectivity index is 1.58. The summed E-state index contributed by atoms with van der Waals surface area (Å²) in [6, 6.07) is 11.2. The van der Waals surface area contributed by atoms with E-state index in [9.17, 15) is 0 Å². The second-order valence-electron chi connectivity index (χ2n) is 5.72. The maximum Gasteiger partial charge on any atom is 0.123 e. The molecule has 1 heterocycles. The first-order valence-corrected chi connectivity index (χ1v) is 7.66. The van der Waals surface area contributed by atoms with Crippen LogP contribution in [0.25, 0.3) is 0 Å². The lowest BCUT2D eigenvalue weighted by molar-refractivity contribution is 0.317. The summed E-state index contributed by atoms with van der Waals surface area (Å²) in [6.45, 7) is 3.72. The molecule has 1 aromatic heterocycles. The van der Waals surface area contributed by atoms with Gasteiger partial charge in [-0.25, -0.2) is 0 Å². The average molecular weight is 282 g/mol. The van der Waals surface area contributed by atoms with Gasteiger partial charge in [-0.1, -0.05) is 17.7 Å². The molecule has 0 atom stereocenters. The van der Waals surface area contributed by atoms with Gasteiger partial charge >= 0.3 is 0 Å². The number of pyridine rings is 1. The van der Waals surface area contributed by atoms with Crippen molar-refractivity contribution in [2.24, 2.45) is 0 Å². The van der Waals surface area contributed by atoms with Crippen molar-refractivity contribution < 1.29 is 4.74 Å².